The molecule has 41 heavy (non-hydrogen) atoms. The van der Waals surface area contributed by atoms with Crippen molar-refractivity contribution >= 4 is 0 Å². The van der Waals surface area contributed by atoms with E-state index in [1.165, 1.54) is 37.7 Å². The normalized spacial score (nSPS) is 47.9. The van der Waals surface area contributed by atoms with Gasteiger partial charge < -0.3 is 29.9 Å². The van der Waals surface area contributed by atoms with Crippen molar-refractivity contribution in [1.29, 1.82) is 0 Å². The van der Waals surface area contributed by atoms with Crippen molar-refractivity contribution in [2.75, 3.05) is 6.61 Å². The fourth-order valence-corrected chi connectivity index (χ4v) is 10.3. The van der Waals surface area contributed by atoms with Crippen molar-refractivity contribution in [3.05, 3.63) is 23.8 Å². The second kappa shape index (κ2) is 12.3. The smallest absolute Gasteiger partial charge is 0.186 e. The lowest BCUT2D eigenvalue weighted by Gasteiger charge is -2.58. The lowest BCUT2D eigenvalue weighted by Crippen LogP contribution is -2.60. The van der Waals surface area contributed by atoms with Gasteiger partial charge in [-0.3, -0.25) is 0 Å². The first-order valence-electron chi connectivity index (χ1n) is 16.8. The number of aliphatic hydroxyl groups excluding tert-OH is 4. The van der Waals surface area contributed by atoms with E-state index in [0.717, 1.165) is 43.4 Å². The SMILES string of the molecule is CC[C@H](/C=C/[C@@H](C)[C@H]1CC[C@H]2[C@@H]3CC=C4C[C@@H](OC5O[C@H](CO)[C@@H](O)[C@H](O)[C@H]5O)CC[C@]4(C)[C@H]3CC[C@]12C)C(C)C. The maximum atomic E-state index is 10.5. The first kappa shape index (κ1) is 31.7. The van der Waals surface area contributed by atoms with E-state index in [0.29, 0.717) is 29.1 Å². The molecule has 0 aromatic rings. The Morgan fingerprint density at radius 3 is 2.41 bits per heavy atom. The van der Waals surface area contributed by atoms with E-state index in [2.05, 4.69) is 59.8 Å². The van der Waals surface area contributed by atoms with Crippen LogP contribution in [0.25, 0.3) is 0 Å². The molecule has 0 spiro atoms. The van der Waals surface area contributed by atoms with Gasteiger partial charge in [0.2, 0.25) is 0 Å². The van der Waals surface area contributed by atoms with Gasteiger partial charge in [-0.05, 0) is 110 Å². The van der Waals surface area contributed by atoms with Gasteiger partial charge in [0.15, 0.2) is 6.29 Å². The van der Waals surface area contributed by atoms with Gasteiger partial charge in [-0.15, -0.1) is 0 Å². The minimum Gasteiger partial charge on any atom is -0.394 e. The fraction of sp³-hybridized carbons (Fsp3) is 0.886. The zero-order valence-corrected chi connectivity index (χ0v) is 26.4. The van der Waals surface area contributed by atoms with Crippen LogP contribution in [0.15, 0.2) is 23.8 Å². The summed E-state index contributed by atoms with van der Waals surface area (Å²) in [6.45, 7) is 14.2. The first-order valence-corrected chi connectivity index (χ1v) is 16.8. The van der Waals surface area contributed by atoms with Crippen molar-refractivity contribution in [2.24, 2.45) is 52.3 Å². The molecule has 1 unspecified atom stereocenters. The quantitative estimate of drug-likeness (QED) is 0.281. The average molecular weight is 575 g/mol. The van der Waals surface area contributed by atoms with E-state index in [-0.39, 0.29) is 11.5 Å². The summed E-state index contributed by atoms with van der Waals surface area (Å²) in [4.78, 5) is 0. The van der Waals surface area contributed by atoms with Crippen LogP contribution in [-0.2, 0) is 9.47 Å². The second-order valence-electron chi connectivity index (χ2n) is 15.2. The van der Waals surface area contributed by atoms with Crippen LogP contribution in [0.4, 0.5) is 0 Å². The van der Waals surface area contributed by atoms with Crippen LogP contribution in [0.3, 0.4) is 0 Å². The molecule has 14 atom stereocenters. The number of hydrogen-bond acceptors (Lipinski definition) is 6. The van der Waals surface area contributed by atoms with Crippen LogP contribution in [0.2, 0.25) is 0 Å². The Morgan fingerprint density at radius 2 is 1.73 bits per heavy atom. The maximum absolute atomic E-state index is 10.5. The summed E-state index contributed by atoms with van der Waals surface area (Å²) in [6.07, 6.45) is 11.9. The van der Waals surface area contributed by atoms with Crippen LogP contribution in [0.5, 0.6) is 0 Å². The summed E-state index contributed by atoms with van der Waals surface area (Å²) in [5.74, 6) is 5.05. The molecule has 6 heteroatoms. The van der Waals surface area contributed by atoms with Crippen LogP contribution in [0.1, 0.15) is 99.3 Å². The standard InChI is InChI=1S/C35H58O6/c1-7-22(20(2)3)9-8-21(4)26-12-13-27-25-11-10-23-18-24(14-16-34(23,5)28(25)15-17-35(26,27)6)40-33-32(39)31(38)30(37)29(19-36)41-33/h8-10,20-22,24-33,36-39H,7,11-19H2,1-6H3/b9-8+/t21-,22-,24+,25+,26-,27+,28+,29-,30-,31+,32-,33?,34+,35-/m1/s1. The van der Waals surface area contributed by atoms with Crippen molar-refractivity contribution in [3.63, 3.8) is 0 Å². The molecule has 4 aliphatic carbocycles. The number of allylic oxidation sites excluding steroid dienone is 3. The predicted octanol–water partition coefficient (Wildman–Crippen LogP) is 5.63. The minimum atomic E-state index is -1.40. The Kier molecular flexibility index (Phi) is 9.51. The maximum Gasteiger partial charge on any atom is 0.186 e. The summed E-state index contributed by atoms with van der Waals surface area (Å²) >= 11 is 0. The zero-order chi connectivity index (χ0) is 29.7. The Bertz CT molecular complexity index is 960. The van der Waals surface area contributed by atoms with Crippen LogP contribution in [0, 0.1) is 52.3 Å². The van der Waals surface area contributed by atoms with Gasteiger partial charge in [-0.2, -0.15) is 0 Å². The number of aliphatic hydroxyl groups is 4. The van der Waals surface area contributed by atoms with E-state index < -0.39 is 37.3 Å². The van der Waals surface area contributed by atoms with Gasteiger partial charge in [0.05, 0.1) is 12.7 Å². The largest absolute Gasteiger partial charge is 0.394 e. The van der Waals surface area contributed by atoms with Crippen LogP contribution < -0.4 is 0 Å². The molecule has 0 aromatic heterocycles. The Morgan fingerprint density at radius 1 is 0.976 bits per heavy atom. The Hall–Kier alpha value is -0.760. The van der Waals surface area contributed by atoms with Gasteiger partial charge >= 0.3 is 0 Å². The fourth-order valence-electron chi connectivity index (χ4n) is 10.3. The molecule has 0 bridgehead atoms. The van der Waals surface area contributed by atoms with Crippen molar-refractivity contribution < 1.29 is 29.9 Å². The van der Waals surface area contributed by atoms with Crippen LogP contribution in [-0.4, -0.2) is 63.8 Å². The first-order chi connectivity index (χ1) is 19.4. The average Bonchev–Trinajstić information content (AvgIpc) is 3.30. The molecule has 0 radical (unpaired) electrons. The second-order valence-corrected chi connectivity index (χ2v) is 15.2. The summed E-state index contributed by atoms with van der Waals surface area (Å²) in [5.41, 5.74) is 2.11. The molecule has 4 fully saturated rings. The lowest BCUT2D eigenvalue weighted by atomic mass is 9.47. The highest BCUT2D eigenvalue weighted by Gasteiger charge is 2.59. The Balaban J connectivity index is 1.26. The highest BCUT2D eigenvalue weighted by atomic mass is 16.7. The highest BCUT2D eigenvalue weighted by Crippen LogP contribution is 2.67. The van der Waals surface area contributed by atoms with Crippen molar-refractivity contribution in [2.45, 2.75) is 136 Å². The third-order valence-electron chi connectivity index (χ3n) is 12.9. The third-order valence-corrected chi connectivity index (χ3v) is 12.9. The number of rotatable bonds is 8. The molecule has 4 N–H and O–H groups in total. The molecule has 5 rings (SSSR count). The highest BCUT2D eigenvalue weighted by molar-refractivity contribution is 5.25. The van der Waals surface area contributed by atoms with Crippen molar-refractivity contribution in [3.8, 4) is 0 Å². The molecule has 1 saturated heterocycles. The van der Waals surface area contributed by atoms with E-state index >= 15 is 0 Å². The van der Waals surface area contributed by atoms with E-state index in [4.69, 9.17) is 9.47 Å². The predicted molar refractivity (Wildman–Crippen MR) is 161 cm³/mol. The van der Waals surface area contributed by atoms with Gasteiger partial charge in [0.25, 0.3) is 0 Å². The number of fused-ring (bicyclic) bond motifs is 5. The molecular weight excluding hydrogens is 516 g/mol. The molecule has 5 aliphatic rings. The summed E-state index contributed by atoms with van der Waals surface area (Å²) in [6, 6.07) is 0. The molecule has 1 heterocycles. The summed E-state index contributed by atoms with van der Waals surface area (Å²) < 4.78 is 11.9. The van der Waals surface area contributed by atoms with Gasteiger partial charge in [-0.1, -0.05) is 65.3 Å². The monoisotopic (exact) mass is 574 g/mol. The van der Waals surface area contributed by atoms with Gasteiger partial charge in [-0.25, -0.2) is 0 Å². The molecule has 6 nitrogen and oxygen atoms in total. The van der Waals surface area contributed by atoms with E-state index in [1.54, 1.807) is 0 Å². The van der Waals surface area contributed by atoms with Gasteiger partial charge in [0.1, 0.15) is 24.4 Å². The third kappa shape index (κ3) is 5.64. The molecule has 1 aliphatic heterocycles. The van der Waals surface area contributed by atoms with Crippen molar-refractivity contribution in [1.82, 2.24) is 0 Å². The molecule has 0 aromatic carbocycles. The summed E-state index contributed by atoms with van der Waals surface area (Å²) in [7, 11) is 0. The lowest BCUT2D eigenvalue weighted by molar-refractivity contribution is -0.313. The van der Waals surface area contributed by atoms with E-state index in [1.807, 2.05) is 0 Å². The molecule has 0 amide bonds. The molecular formula is C35H58O6. The van der Waals surface area contributed by atoms with Gasteiger partial charge in [0, 0.05) is 0 Å². The summed E-state index contributed by atoms with van der Waals surface area (Å²) in [5, 5.41) is 40.4. The molecule has 3 saturated carbocycles. The van der Waals surface area contributed by atoms with E-state index in [9.17, 15) is 20.4 Å². The number of hydrogen-bond donors (Lipinski definition) is 4. The minimum absolute atomic E-state index is 0.109. The topological polar surface area (TPSA) is 99.4 Å². The zero-order valence-electron chi connectivity index (χ0n) is 26.4. The van der Waals surface area contributed by atoms with Crippen LogP contribution >= 0.6 is 0 Å². The molecule has 234 valence electrons. The Labute approximate surface area is 248 Å². The number of ether oxygens (including phenoxy) is 2.